The Balaban J connectivity index is 1.73. The number of rotatable bonds is 6. The van der Waals surface area contributed by atoms with Crippen molar-refractivity contribution in [2.75, 3.05) is 5.32 Å². The first-order chi connectivity index (χ1) is 12.5. The van der Waals surface area contributed by atoms with E-state index in [1.807, 2.05) is 25.1 Å². The van der Waals surface area contributed by atoms with Crippen LogP contribution in [-0.2, 0) is 13.0 Å². The number of ether oxygens (including phenoxy) is 1. The van der Waals surface area contributed by atoms with Crippen LogP contribution in [0, 0.1) is 18.6 Å². The zero-order chi connectivity index (χ0) is 18.5. The molecule has 0 radical (unpaired) electrons. The smallest absolute Gasteiger partial charge is 0.230 e. The number of nitrogens with one attached hydrogen (secondary N) is 1. The second-order valence-corrected chi connectivity index (χ2v) is 5.89. The Morgan fingerprint density at radius 3 is 2.58 bits per heavy atom. The van der Waals surface area contributed by atoms with Crippen molar-refractivity contribution in [3.8, 4) is 5.88 Å². The fourth-order valence-corrected chi connectivity index (χ4v) is 2.45. The minimum Gasteiger partial charge on any atom is -0.473 e. The molecule has 1 aromatic heterocycles. The zero-order valence-corrected chi connectivity index (χ0v) is 14.6. The lowest BCUT2D eigenvalue weighted by atomic mass is 10.1. The van der Waals surface area contributed by atoms with Crippen LogP contribution in [0.4, 0.5) is 20.4 Å². The van der Waals surface area contributed by atoms with Crippen molar-refractivity contribution < 1.29 is 13.5 Å². The van der Waals surface area contributed by atoms with Crippen molar-refractivity contribution in [2.24, 2.45) is 0 Å². The Morgan fingerprint density at radius 2 is 1.81 bits per heavy atom. The highest BCUT2D eigenvalue weighted by Gasteiger charge is 2.07. The van der Waals surface area contributed by atoms with Gasteiger partial charge in [-0.25, -0.2) is 13.8 Å². The van der Waals surface area contributed by atoms with Gasteiger partial charge in [0.15, 0.2) is 11.6 Å². The minimum atomic E-state index is -0.900. The number of benzene rings is 2. The van der Waals surface area contributed by atoms with Crippen molar-refractivity contribution >= 4 is 11.6 Å². The van der Waals surface area contributed by atoms with Gasteiger partial charge in [0.05, 0.1) is 0 Å². The van der Waals surface area contributed by atoms with Crippen LogP contribution in [0.1, 0.15) is 23.7 Å². The second-order valence-electron chi connectivity index (χ2n) is 5.89. The SMILES string of the molecule is CCc1cccc(Nc2nc(C)cc(OCc3ccc(F)c(F)c3)n2)c1. The van der Waals surface area contributed by atoms with E-state index in [2.05, 4.69) is 28.3 Å². The number of hydrogen-bond acceptors (Lipinski definition) is 4. The maximum Gasteiger partial charge on any atom is 0.230 e. The average Bonchev–Trinajstić information content (AvgIpc) is 2.62. The summed E-state index contributed by atoms with van der Waals surface area (Å²) in [5.74, 6) is -1.01. The minimum absolute atomic E-state index is 0.0818. The van der Waals surface area contributed by atoms with E-state index in [9.17, 15) is 8.78 Å². The summed E-state index contributed by atoms with van der Waals surface area (Å²) in [4.78, 5) is 8.68. The standard InChI is InChI=1S/C20H19F2N3O/c1-3-14-5-4-6-16(10-14)24-20-23-13(2)9-19(25-20)26-12-15-7-8-17(21)18(22)11-15/h4-11H,3,12H2,1-2H3,(H,23,24,25). The quantitative estimate of drug-likeness (QED) is 0.680. The predicted molar refractivity (Wildman–Crippen MR) is 96.6 cm³/mol. The summed E-state index contributed by atoms with van der Waals surface area (Å²) in [5.41, 5.74) is 3.35. The van der Waals surface area contributed by atoms with Gasteiger partial charge in [0.2, 0.25) is 11.8 Å². The molecule has 0 saturated heterocycles. The molecule has 1 heterocycles. The van der Waals surface area contributed by atoms with Gasteiger partial charge in [-0.05, 0) is 48.7 Å². The molecule has 0 atom stereocenters. The average molecular weight is 355 g/mol. The Hall–Kier alpha value is -3.02. The van der Waals surface area contributed by atoms with E-state index < -0.39 is 11.6 Å². The van der Waals surface area contributed by atoms with Crippen molar-refractivity contribution in [1.82, 2.24) is 9.97 Å². The van der Waals surface area contributed by atoms with Crippen LogP contribution in [-0.4, -0.2) is 9.97 Å². The predicted octanol–water partition coefficient (Wildman–Crippen LogP) is 4.95. The van der Waals surface area contributed by atoms with Crippen molar-refractivity contribution in [3.05, 3.63) is 77.0 Å². The molecule has 0 amide bonds. The third-order valence-electron chi connectivity index (χ3n) is 3.79. The highest BCUT2D eigenvalue weighted by molar-refractivity contribution is 5.54. The van der Waals surface area contributed by atoms with Crippen LogP contribution in [0.2, 0.25) is 0 Å². The molecule has 0 unspecified atom stereocenters. The van der Waals surface area contributed by atoms with E-state index in [4.69, 9.17) is 4.74 Å². The van der Waals surface area contributed by atoms with Crippen LogP contribution in [0.25, 0.3) is 0 Å². The Bertz CT molecular complexity index is 915. The molecule has 0 bridgehead atoms. The van der Waals surface area contributed by atoms with E-state index in [1.54, 1.807) is 6.07 Å². The van der Waals surface area contributed by atoms with Gasteiger partial charge in [-0.3, -0.25) is 0 Å². The molecule has 0 fully saturated rings. The topological polar surface area (TPSA) is 47.0 Å². The summed E-state index contributed by atoms with van der Waals surface area (Å²) in [6, 6.07) is 13.3. The fourth-order valence-electron chi connectivity index (χ4n) is 2.45. The Labute approximate surface area is 150 Å². The third-order valence-corrected chi connectivity index (χ3v) is 3.79. The molecule has 3 aromatic rings. The normalized spacial score (nSPS) is 10.6. The highest BCUT2D eigenvalue weighted by atomic mass is 19.2. The fraction of sp³-hybridized carbons (Fsp3) is 0.200. The van der Waals surface area contributed by atoms with Crippen molar-refractivity contribution in [3.63, 3.8) is 0 Å². The largest absolute Gasteiger partial charge is 0.473 e. The summed E-state index contributed by atoms with van der Waals surface area (Å²) in [6.45, 7) is 4.00. The highest BCUT2D eigenvalue weighted by Crippen LogP contribution is 2.19. The summed E-state index contributed by atoms with van der Waals surface area (Å²) in [7, 11) is 0. The van der Waals surface area contributed by atoms with E-state index >= 15 is 0 Å². The summed E-state index contributed by atoms with van der Waals surface area (Å²) < 4.78 is 31.9. The maximum atomic E-state index is 13.3. The lowest BCUT2D eigenvalue weighted by Gasteiger charge is -2.10. The van der Waals surface area contributed by atoms with Gasteiger partial charge >= 0.3 is 0 Å². The molecule has 2 aromatic carbocycles. The number of aromatic nitrogens is 2. The molecule has 0 aliphatic carbocycles. The van der Waals surface area contributed by atoms with E-state index in [0.29, 0.717) is 17.4 Å². The zero-order valence-electron chi connectivity index (χ0n) is 14.6. The summed E-state index contributed by atoms with van der Waals surface area (Å²) in [6.07, 6.45) is 0.937. The molecule has 6 heteroatoms. The molecule has 0 saturated carbocycles. The van der Waals surface area contributed by atoms with Gasteiger partial charge in [-0.15, -0.1) is 0 Å². The maximum absolute atomic E-state index is 13.3. The molecule has 4 nitrogen and oxygen atoms in total. The monoisotopic (exact) mass is 355 g/mol. The van der Waals surface area contributed by atoms with Gasteiger partial charge in [0.25, 0.3) is 0 Å². The Morgan fingerprint density at radius 1 is 0.962 bits per heavy atom. The molecule has 0 aliphatic heterocycles. The molecule has 26 heavy (non-hydrogen) atoms. The molecular formula is C20H19F2N3O. The number of hydrogen-bond donors (Lipinski definition) is 1. The van der Waals surface area contributed by atoms with Crippen LogP contribution < -0.4 is 10.1 Å². The number of halogens is 2. The van der Waals surface area contributed by atoms with Gasteiger partial charge in [-0.1, -0.05) is 25.1 Å². The van der Waals surface area contributed by atoms with Crippen molar-refractivity contribution in [2.45, 2.75) is 26.9 Å². The number of nitrogens with zero attached hydrogens (tertiary/aromatic N) is 2. The van der Waals surface area contributed by atoms with E-state index in [-0.39, 0.29) is 6.61 Å². The summed E-state index contributed by atoms with van der Waals surface area (Å²) in [5, 5.41) is 3.16. The molecule has 0 aliphatic rings. The first kappa shape index (κ1) is 17.8. The second kappa shape index (κ2) is 7.91. The van der Waals surface area contributed by atoms with E-state index in [0.717, 1.165) is 29.9 Å². The third kappa shape index (κ3) is 4.53. The van der Waals surface area contributed by atoms with Crippen molar-refractivity contribution in [1.29, 1.82) is 0 Å². The van der Waals surface area contributed by atoms with Gasteiger partial charge < -0.3 is 10.1 Å². The van der Waals surface area contributed by atoms with E-state index in [1.165, 1.54) is 11.6 Å². The van der Waals surface area contributed by atoms with Crippen LogP contribution in [0.3, 0.4) is 0 Å². The Kier molecular flexibility index (Phi) is 5.41. The molecule has 0 spiro atoms. The van der Waals surface area contributed by atoms with Gasteiger partial charge in [-0.2, -0.15) is 4.98 Å². The lowest BCUT2D eigenvalue weighted by Crippen LogP contribution is -2.03. The molecule has 3 rings (SSSR count). The lowest BCUT2D eigenvalue weighted by molar-refractivity contribution is 0.292. The van der Waals surface area contributed by atoms with Crippen LogP contribution >= 0.6 is 0 Å². The van der Waals surface area contributed by atoms with Crippen LogP contribution in [0.15, 0.2) is 48.5 Å². The first-order valence-corrected chi connectivity index (χ1v) is 8.32. The van der Waals surface area contributed by atoms with Gasteiger partial charge in [0, 0.05) is 17.4 Å². The molecule has 134 valence electrons. The first-order valence-electron chi connectivity index (χ1n) is 8.32. The number of aryl methyl sites for hydroxylation is 2. The molecule has 1 N–H and O–H groups in total. The van der Waals surface area contributed by atoms with Gasteiger partial charge in [0.1, 0.15) is 6.61 Å². The summed E-state index contributed by atoms with van der Waals surface area (Å²) >= 11 is 0. The van der Waals surface area contributed by atoms with Crippen LogP contribution in [0.5, 0.6) is 5.88 Å². The number of anilines is 2. The molecular weight excluding hydrogens is 336 g/mol.